The van der Waals surface area contributed by atoms with Crippen LogP contribution in [0, 0.1) is 17.1 Å². The van der Waals surface area contributed by atoms with Crippen molar-refractivity contribution in [3.8, 4) is 11.8 Å². The molecule has 0 aromatic heterocycles. The molecule has 2 aromatic rings. The van der Waals surface area contributed by atoms with Crippen LogP contribution >= 0.6 is 0 Å². The highest BCUT2D eigenvalue weighted by atomic mass is 19.1. The fraction of sp³-hybridized carbons (Fsp3) is 0.188. The molecular formula is C16H15FN2O. The smallest absolute Gasteiger partial charge is 0.131 e. The molecule has 2 aromatic carbocycles. The van der Waals surface area contributed by atoms with Crippen LogP contribution in [0.1, 0.15) is 16.7 Å². The fourth-order valence-electron chi connectivity index (χ4n) is 1.85. The summed E-state index contributed by atoms with van der Waals surface area (Å²) in [6.07, 6.45) is 0.780. The highest BCUT2D eigenvalue weighted by molar-refractivity contribution is 5.33. The zero-order chi connectivity index (χ0) is 14.4. The highest BCUT2D eigenvalue weighted by Gasteiger charge is 2.05. The summed E-state index contributed by atoms with van der Waals surface area (Å²) in [6, 6.07) is 13.8. The topological polar surface area (TPSA) is 59.0 Å². The molecule has 0 aliphatic heterocycles. The molecule has 0 bridgehead atoms. The molecule has 2 rings (SSSR count). The van der Waals surface area contributed by atoms with Crippen LogP contribution in [0.4, 0.5) is 4.39 Å². The van der Waals surface area contributed by atoms with Crippen LogP contribution in [0.25, 0.3) is 0 Å². The number of hydrogen-bond donors (Lipinski definition) is 1. The molecule has 0 aliphatic carbocycles. The molecule has 0 aliphatic rings. The van der Waals surface area contributed by atoms with Gasteiger partial charge in [-0.25, -0.2) is 4.39 Å². The van der Waals surface area contributed by atoms with Gasteiger partial charge in [0, 0.05) is 5.56 Å². The third-order valence-electron chi connectivity index (χ3n) is 2.91. The lowest BCUT2D eigenvalue weighted by Gasteiger charge is -2.08. The maximum Gasteiger partial charge on any atom is 0.131 e. The lowest BCUT2D eigenvalue weighted by Crippen LogP contribution is -2.03. The van der Waals surface area contributed by atoms with E-state index in [4.69, 9.17) is 15.7 Å². The van der Waals surface area contributed by atoms with Crippen LogP contribution in [0.2, 0.25) is 0 Å². The SMILES string of the molecule is N#Cc1ccc(COc2cccc(CCN)c2)c(F)c1. The monoisotopic (exact) mass is 270 g/mol. The van der Waals surface area contributed by atoms with Crippen LogP contribution in [-0.4, -0.2) is 6.54 Å². The number of nitrogens with two attached hydrogens (primary N) is 1. The van der Waals surface area contributed by atoms with E-state index in [-0.39, 0.29) is 6.61 Å². The fourth-order valence-corrected chi connectivity index (χ4v) is 1.85. The zero-order valence-corrected chi connectivity index (χ0v) is 11.0. The second kappa shape index (κ2) is 6.69. The zero-order valence-electron chi connectivity index (χ0n) is 11.0. The summed E-state index contributed by atoms with van der Waals surface area (Å²) >= 11 is 0. The first-order valence-electron chi connectivity index (χ1n) is 6.33. The summed E-state index contributed by atoms with van der Waals surface area (Å²) < 4.78 is 19.3. The van der Waals surface area contributed by atoms with Crippen LogP contribution < -0.4 is 10.5 Å². The van der Waals surface area contributed by atoms with Gasteiger partial charge in [-0.2, -0.15) is 5.26 Å². The van der Waals surface area contributed by atoms with Crippen molar-refractivity contribution in [2.24, 2.45) is 5.73 Å². The second-order valence-corrected chi connectivity index (χ2v) is 4.39. The van der Waals surface area contributed by atoms with Gasteiger partial charge in [-0.15, -0.1) is 0 Å². The number of halogens is 1. The summed E-state index contributed by atoms with van der Waals surface area (Å²) in [6.45, 7) is 0.706. The van der Waals surface area contributed by atoms with E-state index in [2.05, 4.69) is 0 Å². The van der Waals surface area contributed by atoms with Gasteiger partial charge in [0.05, 0.1) is 11.6 Å². The van der Waals surface area contributed by atoms with E-state index in [1.54, 1.807) is 12.1 Å². The van der Waals surface area contributed by atoms with E-state index in [1.807, 2.05) is 30.3 Å². The standard InChI is InChI=1S/C16H15FN2O/c17-16-9-13(10-19)4-5-14(16)11-20-15-3-1-2-12(8-15)6-7-18/h1-5,8-9H,6-7,11,18H2. The van der Waals surface area contributed by atoms with Crippen molar-refractivity contribution < 1.29 is 9.13 Å². The molecule has 102 valence electrons. The predicted molar refractivity (Wildman–Crippen MR) is 74.6 cm³/mol. The van der Waals surface area contributed by atoms with Crippen LogP contribution in [0.15, 0.2) is 42.5 Å². The molecule has 0 atom stereocenters. The molecule has 2 N–H and O–H groups in total. The van der Waals surface area contributed by atoms with E-state index in [1.165, 1.54) is 6.07 Å². The molecule has 0 heterocycles. The average molecular weight is 270 g/mol. The average Bonchev–Trinajstić information content (AvgIpc) is 2.46. The van der Waals surface area contributed by atoms with Crippen molar-refractivity contribution in [3.63, 3.8) is 0 Å². The minimum atomic E-state index is -0.429. The Bertz CT molecular complexity index is 635. The lowest BCUT2D eigenvalue weighted by molar-refractivity contribution is 0.299. The lowest BCUT2D eigenvalue weighted by atomic mass is 10.1. The summed E-state index contributed by atoms with van der Waals surface area (Å²) in [5.74, 6) is 0.252. The van der Waals surface area contributed by atoms with Gasteiger partial charge < -0.3 is 10.5 Å². The van der Waals surface area contributed by atoms with Crippen molar-refractivity contribution in [3.05, 3.63) is 65.0 Å². The summed E-state index contributed by atoms with van der Waals surface area (Å²) in [4.78, 5) is 0. The van der Waals surface area contributed by atoms with Gasteiger partial charge in [-0.1, -0.05) is 18.2 Å². The first-order chi connectivity index (χ1) is 9.72. The van der Waals surface area contributed by atoms with Crippen molar-refractivity contribution in [2.75, 3.05) is 6.54 Å². The van der Waals surface area contributed by atoms with Gasteiger partial charge in [-0.3, -0.25) is 0 Å². The van der Waals surface area contributed by atoms with E-state index < -0.39 is 5.82 Å². The van der Waals surface area contributed by atoms with E-state index in [0.717, 1.165) is 12.0 Å². The Morgan fingerprint density at radius 1 is 1.20 bits per heavy atom. The summed E-state index contributed by atoms with van der Waals surface area (Å²) in [5.41, 5.74) is 7.32. The maximum absolute atomic E-state index is 13.7. The molecule has 3 nitrogen and oxygen atoms in total. The van der Waals surface area contributed by atoms with E-state index in [0.29, 0.717) is 23.4 Å². The predicted octanol–water partition coefficient (Wildman–Crippen LogP) is 2.78. The minimum absolute atomic E-state index is 0.129. The van der Waals surface area contributed by atoms with Crippen LogP contribution in [0.5, 0.6) is 5.75 Å². The molecule has 0 saturated heterocycles. The van der Waals surface area contributed by atoms with Gasteiger partial charge in [0.15, 0.2) is 0 Å². The van der Waals surface area contributed by atoms with Gasteiger partial charge in [-0.05, 0) is 42.8 Å². The largest absolute Gasteiger partial charge is 0.489 e. The molecule has 0 spiro atoms. The van der Waals surface area contributed by atoms with E-state index in [9.17, 15) is 4.39 Å². The summed E-state index contributed by atoms with van der Waals surface area (Å²) in [5, 5.41) is 8.68. The van der Waals surface area contributed by atoms with Crippen LogP contribution in [0.3, 0.4) is 0 Å². The Kier molecular flexibility index (Phi) is 4.70. The van der Waals surface area contributed by atoms with Crippen molar-refractivity contribution in [2.45, 2.75) is 13.0 Å². The number of hydrogen-bond acceptors (Lipinski definition) is 3. The Morgan fingerprint density at radius 3 is 2.75 bits per heavy atom. The van der Waals surface area contributed by atoms with Gasteiger partial charge >= 0.3 is 0 Å². The first-order valence-corrected chi connectivity index (χ1v) is 6.33. The third kappa shape index (κ3) is 3.56. The van der Waals surface area contributed by atoms with Crippen molar-refractivity contribution in [1.82, 2.24) is 0 Å². The number of nitriles is 1. The Labute approximate surface area is 117 Å². The Hall–Kier alpha value is -2.38. The molecule has 0 unspecified atom stereocenters. The Morgan fingerprint density at radius 2 is 2.05 bits per heavy atom. The van der Waals surface area contributed by atoms with Crippen LogP contribution in [-0.2, 0) is 13.0 Å². The third-order valence-corrected chi connectivity index (χ3v) is 2.91. The Balaban J connectivity index is 2.05. The molecule has 0 amide bonds. The molecule has 0 fully saturated rings. The van der Waals surface area contributed by atoms with Crippen molar-refractivity contribution >= 4 is 0 Å². The molecule has 4 heteroatoms. The summed E-state index contributed by atoms with van der Waals surface area (Å²) in [7, 11) is 0. The quantitative estimate of drug-likeness (QED) is 0.908. The van der Waals surface area contributed by atoms with Gasteiger partial charge in [0.1, 0.15) is 18.2 Å². The number of rotatable bonds is 5. The maximum atomic E-state index is 13.7. The second-order valence-electron chi connectivity index (χ2n) is 4.39. The van der Waals surface area contributed by atoms with Gasteiger partial charge in [0.2, 0.25) is 0 Å². The number of ether oxygens (including phenoxy) is 1. The molecular weight excluding hydrogens is 255 g/mol. The highest BCUT2D eigenvalue weighted by Crippen LogP contribution is 2.17. The molecule has 20 heavy (non-hydrogen) atoms. The number of benzene rings is 2. The molecule has 0 saturated carbocycles. The number of nitrogens with zero attached hydrogens (tertiary/aromatic N) is 1. The normalized spacial score (nSPS) is 10.1. The first kappa shape index (κ1) is 14.0. The minimum Gasteiger partial charge on any atom is -0.489 e. The van der Waals surface area contributed by atoms with Gasteiger partial charge in [0.25, 0.3) is 0 Å². The molecule has 0 radical (unpaired) electrons. The van der Waals surface area contributed by atoms with E-state index >= 15 is 0 Å². The van der Waals surface area contributed by atoms with Crippen molar-refractivity contribution in [1.29, 1.82) is 5.26 Å².